The molecule has 1 atom stereocenters. The van der Waals surface area contributed by atoms with Crippen molar-refractivity contribution < 1.29 is 4.74 Å². The van der Waals surface area contributed by atoms with Gasteiger partial charge in [-0.1, -0.05) is 93.2 Å². The van der Waals surface area contributed by atoms with Crippen LogP contribution < -0.4 is 9.64 Å². The van der Waals surface area contributed by atoms with Gasteiger partial charge in [0.2, 0.25) is 5.88 Å². The van der Waals surface area contributed by atoms with Crippen molar-refractivity contribution >= 4 is 27.2 Å². The molecule has 4 aromatic carbocycles. The highest BCUT2D eigenvalue weighted by Crippen LogP contribution is 2.46. The summed E-state index contributed by atoms with van der Waals surface area (Å²) in [5.41, 5.74) is 4.39. The average Bonchev–Trinajstić information content (AvgIpc) is 3.21. The van der Waals surface area contributed by atoms with Gasteiger partial charge in [-0.2, -0.15) is 0 Å². The maximum atomic E-state index is 6.58. The second kappa shape index (κ2) is 9.11. The first kappa shape index (κ1) is 23.0. The molecule has 35 heavy (non-hydrogen) atoms. The number of fused-ring (bicyclic) bond motifs is 4. The Hall–Kier alpha value is -3.78. The predicted octanol–water partition coefficient (Wildman–Crippen LogP) is 8.84. The Labute approximate surface area is 208 Å². The summed E-state index contributed by atoms with van der Waals surface area (Å²) in [5, 5.41) is 4.83. The third kappa shape index (κ3) is 3.83. The van der Waals surface area contributed by atoms with E-state index in [9.17, 15) is 0 Å². The zero-order valence-corrected chi connectivity index (χ0v) is 21.0. The molecule has 1 aliphatic heterocycles. The van der Waals surface area contributed by atoms with E-state index in [-0.39, 0.29) is 5.41 Å². The molecule has 2 heteroatoms. The number of benzene rings is 4. The van der Waals surface area contributed by atoms with Gasteiger partial charge in [-0.05, 0) is 58.7 Å². The zero-order valence-electron chi connectivity index (χ0n) is 21.0. The van der Waals surface area contributed by atoms with E-state index in [0.29, 0.717) is 0 Å². The highest BCUT2D eigenvalue weighted by atomic mass is 16.5. The molecule has 0 saturated carbocycles. The molecule has 4 aromatic rings. The normalized spacial score (nSPS) is 15.7. The summed E-state index contributed by atoms with van der Waals surface area (Å²) in [6.45, 7) is 16.3. The molecule has 0 radical (unpaired) electrons. The Kier molecular flexibility index (Phi) is 5.98. The van der Waals surface area contributed by atoms with Gasteiger partial charge in [-0.15, -0.1) is 6.58 Å². The van der Waals surface area contributed by atoms with Crippen LogP contribution in [0.15, 0.2) is 110 Å². The molecule has 0 spiro atoms. The van der Waals surface area contributed by atoms with Crippen molar-refractivity contribution in [2.45, 2.75) is 39.0 Å². The Bertz CT molecular complexity index is 1480. The van der Waals surface area contributed by atoms with Crippen LogP contribution in [0.4, 0.5) is 5.69 Å². The van der Waals surface area contributed by atoms with E-state index in [0.717, 1.165) is 47.7 Å². The highest BCUT2D eigenvalue weighted by molar-refractivity contribution is 5.95. The molecule has 0 aromatic heterocycles. The molecule has 1 unspecified atom stereocenters. The molecular formula is C33H33NO. The van der Waals surface area contributed by atoms with Crippen LogP contribution in [-0.2, 0) is 5.41 Å². The van der Waals surface area contributed by atoms with Crippen molar-refractivity contribution in [1.82, 2.24) is 0 Å². The molecule has 0 amide bonds. The monoisotopic (exact) mass is 459 g/mol. The molecule has 0 fully saturated rings. The number of hydrogen-bond donors (Lipinski definition) is 0. The van der Waals surface area contributed by atoms with E-state index in [1.165, 1.54) is 27.3 Å². The second-order valence-corrected chi connectivity index (χ2v) is 9.70. The third-order valence-electron chi connectivity index (χ3n) is 7.32. The summed E-state index contributed by atoms with van der Waals surface area (Å²) < 4.78 is 6.58. The predicted molar refractivity (Wildman–Crippen MR) is 150 cm³/mol. The lowest BCUT2D eigenvalue weighted by Gasteiger charge is -2.33. The van der Waals surface area contributed by atoms with E-state index in [1.54, 1.807) is 0 Å². The van der Waals surface area contributed by atoms with Gasteiger partial charge < -0.3 is 9.64 Å². The van der Waals surface area contributed by atoms with Crippen LogP contribution in [0.2, 0.25) is 0 Å². The molecular weight excluding hydrogens is 426 g/mol. The topological polar surface area (TPSA) is 12.5 Å². The van der Waals surface area contributed by atoms with E-state index < -0.39 is 0 Å². The number of allylic oxidation sites excluding steroid dienone is 3. The van der Waals surface area contributed by atoms with Crippen molar-refractivity contribution in [1.29, 1.82) is 0 Å². The summed E-state index contributed by atoms with van der Waals surface area (Å²) in [6, 6.07) is 25.8. The molecule has 1 heterocycles. The van der Waals surface area contributed by atoms with Crippen molar-refractivity contribution in [2.75, 3.05) is 11.4 Å². The molecule has 0 saturated heterocycles. The minimum Gasteiger partial charge on any atom is -0.438 e. The third-order valence-corrected chi connectivity index (χ3v) is 7.32. The lowest BCUT2D eigenvalue weighted by Crippen LogP contribution is -2.27. The Morgan fingerprint density at radius 1 is 0.943 bits per heavy atom. The first-order valence-corrected chi connectivity index (χ1v) is 12.5. The SMILES string of the molecule is C=CCC(C)(C(=C)/C=C1\Oc2c(ccc3ccccc23)N1CCC)c1c(C)ccc2ccccc12. The standard InChI is InChI=1S/C33H33NO/c1-6-20-33(5,31-23(3)16-17-25-12-8-10-14-27(25)31)24(4)22-30-34(21-7-2)29-19-18-26-13-9-11-15-28(26)32(29)35-30/h6,8-19,22H,1,4,7,20-21H2,2-3,5H3/b30-22-. The lowest BCUT2D eigenvalue weighted by molar-refractivity contribution is 0.439. The second-order valence-electron chi connectivity index (χ2n) is 9.70. The molecule has 0 bridgehead atoms. The summed E-state index contributed by atoms with van der Waals surface area (Å²) in [6.07, 6.45) is 5.96. The van der Waals surface area contributed by atoms with Crippen LogP contribution >= 0.6 is 0 Å². The minimum absolute atomic E-state index is 0.322. The quantitative estimate of drug-likeness (QED) is 0.256. The summed E-state index contributed by atoms with van der Waals surface area (Å²) in [4.78, 5) is 2.29. The largest absolute Gasteiger partial charge is 0.438 e. The Balaban J connectivity index is 1.63. The van der Waals surface area contributed by atoms with Crippen LogP contribution in [0.5, 0.6) is 5.75 Å². The van der Waals surface area contributed by atoms with E-state index in [2.05, 4.69) is 118 Å². The molecule has 0 N–H and O–H groups in total. The van der Waals surface area contributed by atoms with Crippen LogP contribution in [0.3, 0.4) is 0 Å². The van der Waals surface area contributed by atoms with Crippen molar-refractivity contribution in [3.05, 3.63) is 121 Å². The lowest BCUT2D eigenvalue weighted by atomic mass is 9.70. The van der Waals surface area contributed by atoms with Gasteiger partial charge in [0.15, 0.2) is 5.75 Å². The molecule has 5 rings (SSSR count). The number of rotatable bonds is 7. The fourth-order valence-electron chi connectivity index (χ4n) is 5.49. The number of aryl methyl sites for hydroxylation is 1. The van der Waals surface area contributed by atoms with Crippen LogP contribution in [0.25, 0.3) is 21.5 Å². The van der Waals surface area contributed by atoms with E-state index in [4.69, 9.17) is 4.74 Å². The fraction of sp³-hybridized carbons (Fsp3) is 0.212. The summed E-state index contributed by atoms with van der Waals surface area (Å²) >= 11 is 0. The zero-order chi connectivity index (χ0) is 24.6. The van der Waals surface area contributed by atoms with Crippen molar-refractivity contribution in [3.63, 3.8) is 0 Å². The summed E-state index contributed by atoms with van der Waals surface area (Å²) in [5.74, 6) is 1.78. The maximum Gasteiger partial charge on any atom is 0.200 e. The first-order chi connectivity index (χ1) is 17.0. The Morgan fingerprint density at radius 2 is 1.60 bits per heavy atom. The van der Waals surface area contributed by atoms with Crippen LogP contribution in [0.1, 0.15) is 37.8 Å². The van der Waals surface area contributed by atoms with Gasteiger partial charge in [-0.3, -0.25) is 0 Å². The Morgan fingerprint density at radius 3 is 2.31 bits per heavy atom. The smallest absolute Gasteiger partial charge is 0.200 e. The number of anilines is 1. The fourth-order valence-corrected chi connectivity index (χ4v) is 5.49. The van der Waals surface area contributed by atoms with Gasteiger partial charge in [0.1, 0.15) is 0 Å². The van der Waals surface area contributed by atoms with Crippen LogP contribution in [-0.4, -0.2) is 6.54 Å². The van der Waals surface area contributed by atoms with E-state index in [1.807, 2.05) is 6.08 Å². The molecule has 0 aliphatic carbocycles. The van der Waals surface area contributed by atoms with Gasteiger partial charge in [-0.25, -0.2) is 0 Å². The van der Waals surface area contributed by atoms with Gasteiger partial charge in [0, 0.05) is 23.4 Å². The van der Waals surface area contributed by atoms with Crippen molar-refractivity contribution in [2.24, 2.45) is 0 Å². The van der Waals surface area contributed by atoms with Gasteiger partial charge in [0.05, 0.1) is 5.69 Å². The van der Waals surface area contributed by atoms with Crippen molar-refractivity contribution in [3.8, 4) is 5.75 Å². The van der Waals surface area contributed by atoms with Gasteiger partial charge in [0.25, 0.3) is 0 Å². The number of nitrogens with zero attached hydrogens (tertiary/aromatic N) is 1. The summed E-state index contributed by atoms with van der Waals surface area (Å²) in [7, 11) is 0. The number of hydrogen-bond acceptors (Lipinski definition) is 2. The highest BCUT2D eigenvalue weighted by Gasteiger charge is 2.34. The molecule has 176 valence electrons. The number of ether oxygens (including phenoxy) is 1. The van der Waals surface area contributed by atoms with E-state index >= 15 is 0 Å². The minimum atomic E-state index is -0.322. The average molecular weight is 460 g/mol. The first-order valence-electron chi connectivity index (χ1n) is 12.5. The molecule has 1 aliphatic rings. The van der Waals surface area contributed by atoms with Crippen LogP contribution in [0, 0.1) is 6.92 Å². The van der Waals surface area contributed by atoms with Gasteiger partial charge >= 0.3 is 0 Å². The maximum absolute atomic E-state index is 6.58. The molecule has 2 nitrogen and oxygen atoms in total.